The Bertz CT molecular complexity index is 2210. The Morgan fingerprint density at radius 2 is 1.35 bits per heavy atom. The van der Waals surface area contributed by atoms with E-state index in [0.717, 1.165) is 78.2 Å². The third-order valence-corrected chi connectivity index (χ3v) is 11.9. The lowest BCUT2D eigenvalue weighted by Crippen LogP contribution is -2.51. The fourth-order valence-electron chi connectivity index (χ4n) is 8.35. The molecule has 2 N–H and O–H groups in total. The average Bonchev–Trinajstić information content (AvgIpc) is 3.55. The second-order valence-corrected chi connectivity index (χ2v) is 15.9. The molecule has 0 bridgehead atoms. The molecule has 0 saturated carbocycles. The van der Waals surface area contributed by atoms with Crippen molar-refractivity contribution in [3.8, 4) is 11.1 Å². The van der Waals surface area contributed by atoms with E-state index in [0.29, 0.717) is 0 Å². The number of nitrogens with one attached hydrogen (secondary N) is 1. The number of amides is 3. The van der Waals surface area contributed by atoms with Crippen molar-refractivity contribution in [2.75, 3.05) is 32.7 Å². The van der Waals surface area contributed by atoms with Crippen molar-refractivity contribution in [2.24, 2.45) is 5.92 Å². The molecule has 3 fully saturated rings. The van der Waals surface area contributed by atoms with Gasteiger partial charge in [-0.3, -0.25) is 24.3 Å². The molecule has 0 spiro atoms. The summed E-state index contributed by atoms with van der Waals surface area (Å²) >= 11 is 0. The van der Waals surface area contributed by atoms with Crippen LogP contribution in [0, 0.1) is 5.92 Å². The molecule has 3 heterocycles. The van der Waals surface area contributed by atoms with Crippen LogP contribution in [0.5, 0.6) is 0 Å². The van der Waals surface area contributed by atoms with Crippen LogP contribution in [0.15, 0.2) is 133 Å². The third-order valence-electron chi connectivity index (χ3n) is 11.9. The Hall–Kier alpha value is -5.69. The molecule has 11 nitrogen and oxygen atoms in total. The lowest BCUT2D eigenvalue weighted by atomic mass is 9.89. The highest BCUT2D eigenvalue weighted by Crippen LogP contribution is 2.42. The normalized spacial score (nSPS) is 22.5. The summed E-state index contributed by atoms with van der Waals surface area (Å²) in [6.45, 7) is 7.95. The van der Waals surface area contributed by atoms with Crippen LogP contribution >= 0.6 is 0 Å². The van der Waals surface area contributed by atoms with Crippen molar-refractivity contribution in [1.29, 1.82) is 0 Å². The van der Waals surface area contributed by atoms with Crippen LogP contribution in [-0.4, -0.2) is 82.6 Å². The van der Waals surface area contributed by atoms with Gasteiger partial charge in [-0.2, -0.15) is 0 Å². The van der Waals surface area contributed by atoms with Crippen molar-refractivity contribution >= 4 is 17.9 Å². The lowest BCUT2D eigenvalue weighted by Gasteiger charge is -2.44. The van der Waals surface area contributed by atoms with E-state index in [-0.39, 0.29) is 50.2 Å². The maximum atomic E-state index is 13.4. The summed E-state index contributed by atoms with van der Waals surface area (Å²) in [5.41, 5.74) is 7.53. The number of aliphatic hydroxyl groups is 1. The number of piperazine rings is 1. The molecule has 310 valence electrons. The summed E-state index contributed by atoms with van der Waals surface area (Å²) < 4.78 is 18.9. The highest BCUT2D eigenvalue weighted by Gasteiger charge is 2.41. The highest BCUT2D eigenvalue weighted by molar-refractivity contribution is 6.06. The molecular formula is C49H52N4O7. The number of imide groups is 1. The predicted octanol–water partition coefficient (Wildman–Crippen LogP) is 7.01. The second-order valence-electron chi connectivity index (χ2n) is 15.9. The van der Waals surface area contributed by atoms with Gasteiger partial charge in [-0.15, -0.1) is 0 Å². The number of aliphatic hydroxyl groups excluding tert-OH is 1. The van der Waals surface area contributed by atoms with Crippen LogP contribution < -0.4 is 5.32 Å². The van der Waals surface area contributed by atoms with Gasteiger partial charge in [0.25, 0.3) is 5.91 Å². The Kier molecular flexibility index (Phi) is 13.1. The molecule has 5 atom stereocenters. The van der Waals surface area contributed by atoms with Gasteiger partial charge in [0.05, 0.1) is 31.8 Å². The first kappa shape index (κ1) is 41.1. The minimum atomic E-state index is -0.991. The van der Waals surface area contributed by atoms with E-state index in [9.17, 15) is 19.5 Å². The first-order chi connectivity index (χ1) is 29.3. The molecule has 60 heavy (non-hydrogen) atoms. The van der Waals surface area contributed by atoms with Crippen LogP contribution in [0.1, 0.15) is 59.1 Å². The molecule has 3 aliphatic rings. The van der Waals surface area contributed by atoms with Crippen LogP contribution in [0.25, 0.3) is 11.1 Å². The Labute approximate surface area is 351 Å². The van der Waals surface area contributed by atoms with Gasteiger partial charge in [-0.25, -0.2) is 4.79 Å². The molecule has 5 aromatic rings. The van der Waals surface area contributed by atoms with Crippen molar-refractivity contribution in [2.45, 2.75) is 64.2 Å². The summed E-state index contributed by atoms with van der Waals surface area (Å²) in [7, 11) is 0. The third kappa shape index (κ3) is 9.84. The largest absolute Gasteiger partial charge is 0.445 e. The van der Waals surface area contributed by atoms with Gasteiger partial charge in [0, 0.05) is 50.7 Å². The summed E-state index contributed by atoms with van der Waals surface area (Å²) in [5.74, 6) is -0.754. The summed E-state index contributed by atoms with van der Waals surface area (Å²) in [4.78, 5) is 45.3. The molecule has 0 aromatic heterocycles. The number of hydrogen-bond acceptors (Lipinski definition) is 9. The van der Waals surface area contributed by atoms with Gasteiger partial charge >= 0.3 is 6.09 Å². The van der Waals surface area contributed by atoms with Gasteiger partial charge in [0.1, 0.15) is 12.6 Å². The molecule has 3 saturated heterocycles. The zero-order valence-corrected chi connectivity index (χ0v) is 33.9. The van der Waals surface area contributed by atoms with Crippen molar-refractivity contribution in [3.05, 3.63) is 167 Å². The first-order valence-corrected chi connectivity index (χ1v) is 20.8. The number of alkyl carbamates (subject to hydrolysis) is 1. The number of likely N-dealkylation sites (tertiary alicyclic amines) is 1. The number of hydrogen-bond donors (Lipinski definition) is 2. The van der Waals surface area contributed by atoms with E-state index < -0.39 is 24.3 Å². The fraction of sp³-hybridized carbons (Fsp3) is 0.327. The molecule has 0 aliphatic carbocycles. The van der Waals surface area contributed by atoms with E-state index in [1.807, 2.05) is 103 Å². The molecule has 3 amide bonds. The number of carbonyl (C=O) groups excluding carboxylic acids is 3. The van der Waals surface area contributed by atoms with Crippen LogP contribution in [0.3, 0.4) is 0 Å². The highest BCUT2D eigenvalue weighted by atomic mass is 16.7. The van der Waals surface area contributed by atoms with Gasteiger partial charge in [-0.1, -0.05) is 140 Å². The first-order valence-electron chi connectivity index (χ1n) is 20.8. The van der Waals surface area contributed by atoms with Crippen LogP contribution in [-0.2, 0) is 50.1 Å². The van der Waals surface area contributed by atoms with Gasteiger partial charge in [-0.05, 0) is 38.9 Å². The smallest absolute Gasteiger partial charge is 0.408 e. The molecule has 1 unspecified atom stereocenters. The van der Waals surface area contributed by atoms with E-state index in [4.69, 9.17) is 14.2 Å². The maximum Gasteiger partial charge on any atom is 0.408 e. The van der Waals surface area contributed by atoms with Crippen LogP contribution in [0.4, 0.5) is 4.79 Å². The lowest BCUT2D eigenvalue weighted by molar-refractivity contribution is -0.276. The fourth-order valence-corrected chi connectivity index (χ4v) is 8.35. The van der Waals surface area contributed by atoms with E-state index in [1.165, 1.54) is 10.5 Å². The van der Waals surface area contributed by atoms with E-state index in [2.05, 4.69) is 52.4 Å². The second kappa shape index (κ2) is 19.1. The number of rotatable bonds is 13. The van der Waals surface area contributed by atoms with E-state index >= 15 is 0 Å². The van der Waals surface area contributed by atoms with E-state index in [1.54, 1.807) is 0 Å². The number of benzene rings is 5. The number of nitrogens with zero attached hydrogens (tertiary/aromatic N) is 3. The topological polar surface area (TPSA) is 121 Å². The Morgan fingerprint density at radius 3 is 2.05 bits per heavy atom. The van der Waals surface area contributed by atoms with Crippen molar-refractivity contribution in [3.63, 3.8) is 0 Å². The molecule has 3 aliphatic heterocycles. The zero-order valence-electron chi connectivity index (χ0n) is 33.9. The van der Waals surface area contributed by atoms with Gasteiger partial charge in [0.15, 0.2) is 6.29 Å². The monoisotopic (exact) mass is 808 g/mol. The number of ether oxygens (including phenoxy) is 3. The minimum Gasteiger partial charge on any atom is -0.445 e. The quantitative estimate of drug-likeness (QED) is 0.121. The standard InChI is InChI=1S/C49H52N4O7/c1-34-44(31-52-26-24-51(25-27-52)29-35-10-4-2-5-11-35)59-48(60-46(34)39-18-16-36(32-54)17-19-39)40-22-20-38(21-23-40)42-15-9-8-14-41(42)30-53-45(55)28-43(47(53)56)50-49(57)58-33-37-12-6-3-7-13-37/h2-23,34,43-44,46,48,54H,24-33H2,1H3,(H,50,57)/t34-,43?,44+,46+,48+/m0/s1. The molecule has 8 rings (SSSR count). The molecule has 5 aromatic carbocycles. The van der Waals surface area contributed by atoms with Gasteiger partial charge < -0.3 is 24.6 Å². The minimum absolute atomic E-state index is 0.0180. The molecule has 11 heteroatoms. The zero-order chi connectivity index (χ0) is 41.4. The summed E-state index contributed by atoms with van der Waals surface area (Å²) in [5, 5.41) is 12.3. The summed E-state index contributed by atoms with van der Waals surface area (Å²) in [6.07, 6.45) is -1.80. The SMILES string of the molecule is C[C@H]1[C@@H](CN2CCN(Cc3ccccc3)CC2)O[C@@H](c2ccc(-c3ccccc3CN3C(=O)CC(NC(=O)OCc4ccccc4)C3=O)cc2)O[C@H]1c1ccc(CO)cc1. The average molecular weight is 809 g/mol. The summed E-state index contributed by atoms with van der Waals surface area (Å²) in [6, 6.07) is 42.6. The maximum absolute atomic E-state index is 13.4. The Morgan fingerprint density at radius 1 is 0.717 bits per heavy atom. The van der Waals surface area contributed by atoms with Crippen molar-refractivity contribution in [1.82, 2.24) is 20.0 Å². The predicted molar refractivity (Wildman–Crippen MR) is 227 cm³/mol. The molecule has 0 radical (unpaired) electrons. The van der Waals surface area contributed by atoms with Gasteiger partial charge in [0.2, 0.25) is 5.91 Å². The molecular weight excluding hydrogens is 757 g/mol. The van der Waals surface area contributed by atoms with Crippen molar-refractivity contribution < 1.29 is 33.7 Å². The van der Waals surface area contributed by atoms with Crippen LogP contribution in [0.2, 0.25) is 0 Å². The Balaban J connectivity index is 0.938. The number of carbonyl (C=O) groups is 3.